The van der Waals surface area contributed by atoms with Crippen molar-refractivity contribution in [3.05, 3.63) is 35.6 Å². The Labute approximate surface area is 150 Å². The summed E-state index contributed by atoms with van der Waals surface area (Å²) in [6.07, 6.45) is 2.77. The summed E-state index contributed by atoms with van der Waals surface area (Å²) in [5.41, 5.74) is 7.10. The van der Waals surface area contributed by atoms with E-state index < -0.39 is 6.04 Å². The maximum Gasteiger partial charge on any atom is 0.237 e. The van der Waals surface area contributed by atoms with Gasteiger partial charge in [-0.2, -0.15) is 0 Å². The van der Waals surface area contributed by atoms with Crippen LogP contribution in [0.25, 0.3) is 0 Å². The van der Waals surface area contributed by atoms with Crippen LogP contribution in [-0.4, -0.2) is 36.0 Å². The Hall–Kier alpha value is -1.17. The molecule has 1 saturated heterocycles. The van der Waals surface area contributed by atoms with Crippen LogP contribution in [0.15, 0.2) is 24.3 Å². The predicted molar refractivity (Wildman–Crippen MR) is 97.5 cm³/mol. The first-order valence-corrected chi connectivity index (χ1v) is 8.52. The second-order valence-electron chi connectivity index (χ2n) is 6.60. The normalized spacial score (nSPS) is 18.5. The van der Waals surface area contributed by atoms with Gasteiger partial charge < -0.3 is 11.1 Å². The molecular weight excluding hydrogens is 329 g/mol. The highest BCUT2D eigenvalue weighted by atomic mass is 35.5. The van der Waals surface area contributed by atoms with Crippen LogP contribution in [0, 0.1) is 11.7 Å². The zero-order chi connectivity index (χ0) is 16.8. The lowest BCUT2D eigenvalue weighted by Crippen LogP contribution is -2.51. The zero-order valence-corrected chi connectivity index (χ0v) is 15.3. The van der Waals surface area contributed by atoms with E-state index in [1.165, 1.54) is 12.1 Å². The number of hydrogen-bond acceptors (Lipinski definition) is 3. The van der Waals surface area contributed by atoms with Crippen molar-refractivity contribution >= 4 is 18.3 Å². The molecule has 1 heterocycles. The van der Waals surface area contributed by atoms with E-state index in [0.29, 0.717) is 0 Å². The van der Waals surface area contributed by atoms with Crippen molar-refractivity contribution < 1.29 is 9.18 Å². The first kappa shape index (κ1) is 20.9. The molecule has 24 heavy (non-hydrogen) atoms. The van der Waals surface area contributed by atoms with Crippen molar-refractivity contribution in [3.63, 3.8) is 0 Å². The Kier molecular flexibility index (Phi) is 8.67. The number of piperidine rings is 1. The number of amides is 1. The first-order chi connectivity index (χ1) is 11.0. The molecular formula is C18H29ClFN3O. The second kappa shape index (κ2) is 9.97. The van der Waals surface area contributed by atoms with E-state index >= 15 is 0 Å². The predicted octanol–water partition coefficient (Wildman–Crippen LogP) is 2.70. The lowest BCUT2D eigenvalue weighted by molar-refractivity contribution is -0.124. The van der Waals surface area contributed by atoms with E-state index in [2.05, 4.69) is 10.2 Å². The fourth-order valence-electron chi connectivity index (χ4n) is 2.89. The summed E-state index contributed by atoms with van der Waals surface area (Å²) in [5, 5.41) is 3.09. The zero-order valence-electron chi connectivity index (χ0n) is 14.5. The number of rotatable bonds is 6. The smallest absolute Gasteiger partial charge is 0.237 e. The van der Waals surface area contributed by atoms with Crippen LogP contribution in [0.3, 0.4) is 0 Å². The van der Waals surface area contributed by atoms with Crippen molar-refractivity contribution in [2.45, 2.75) is 51.7 Å². The average molecular weight is 358 g/mol. The number of hydrogen-bond donors (Lipinski definition) is 2. The fraction of sp³-hybridized carbons (Fsp3) is 0.611. The van der Waals surface area contributed by atoms with Gasteiger partial charge >= 0.3 is 0 Å². The van der Waals surface area contributed by atoms with Gasteiger partial charge in [-0.3, -0.25) is 9.69 Å². The van der Waals surface area contributed by atoms with E-state index in [1.807, 2.05) is 26.0 Å². The topological polar surface area (TPSA) is 58.4 Å². The number of benzene rings is 1. The van der Waals surface area contributed by atoms with Crippen molar-refractivity contribution in [2.75, 3.05) is 13.1 Å². The third-order valence-corrected chi connectivity index (χ3v) is 4.81. The Balaban J connectivity index is 0.00000288. The van der Waals surface area contributed by atoms with Gasteiger partial charge in [0.2, 0.25) is 5.91 Å². The lowest BCUT2D eigenvalue weighted by atomic mass is 9.98. The number of likely N-dealkylation sites (tertiary alicyclic amines) is 1. The van der Waals surface area contributed by atoms with Gasteiger partial charge in [-0.15, -0.1) is 12.4 Å². The Bertz CT molecular complexity index is 503. The van der Waals surface area contributed by atoms with Crippen LogP contribution in [-0.2, 0) is 11.3 Å². The Morgan fingerprint density at radius 2 is 1.92 bits per heavy atom. The molecule has 0 spiro atoms. The maximum atomic E-state index is 12.9. The van der Waals surface area contributed by atoms with Crippen molar-refractivity contribution in [2.24, 2.45) is 11.7 Å². The minimum Gasteiger partial charge on any atom is -0.352 e. The van der Waals surface area contributed by atoms with Crippen LogP contribution >= 0.6 is 12.4 Å². The molecule has 1 aliphatic rings. The number of nitrogens with one attached hydrogen (secondary N) is 1. The van der Waals surface area contributed by atoms with Crippen molar-refractivity contribution in [1.29, 1.82) is 0 Å². The number of nitrogens with zero attached hydrogens (tertiary/aromatic N) is 1. The molecule has 0 radical (unpaired) electrons. The molecule has 6 heteroatoms. The number of carbonyl (C=O) groups is 1. The van der Waals surface area contributed by atoms with Gasteiger partial charge in [0.1, 0.15) is 5.82 Å². The second-order valence-corrected chi connectivity index (χ2v) is 6.60. The highest BCUT2D eigenvalue weighted by Gasteiger charge is 2.25. The van der Waals surface area contributed by atoms with Crippen molar-refractivity contribution in [1.82, 2.24) is 10.2 Å². The summed E-state index contributed by atoms with van der Waals surface area (Å²) >= 11 is 0. The third kappa shape index (κ3) is 6.04. The van der Waals surface area contributed by atoms with E-state index in [-0.39, 0.29) is 36.1 Å². The molecule has 0 aliphatic carbocycles. The quantitative estimate of drug-likeness (QED) is 0.823. The molecule has 1 fully saturated rings. The summed E-state index contributed by atoms with van der Waals surface area (Å²) < 4.78 is 12.9. The molecule has 1 amide bonds. The van der Waals surface area contributed by atoms with Gasteiger partial charge in [0.15, 0.2) is 0 Å². The highest BCUT2D eigenvalue weighted by molar-refractivity contribution is 5.85. The number of nitrogens with two attached hydrogens (primary N) is 1. The first-order valence-electron chi connectivity index (χ1n) is 8.52. The largest absolute Gasteiger partial charge is 0.352 e. The summed E-state index contributed by atoms with van der Waals surface area (Å²) in [4.78, 5) is 14.5. The summed E-state index contributed by atoms with van der Waals surface area (Å²) in [6, 6.07) is 6.44. The van der Waals surface area contributed by atoms with Gasteiger partial charge in [-0.25, -0.2) is 4.39 Å². The van der Waals surface area contributed by atoms with E-state index in [0.717, 1.165) is 44.5 Å². The van der Waals surface area contributed by atoms with Gasteiger partial charge in [0.25, 0.3) is 0 Å². The third-order valence-electron chi connectivity index (χ3n) is 4.81. The molecule has 2 rings (SSSR count). The molecule has 0 bridgehead atoms. The fourth-order valence-corrected chi connectivity index (χ4v) is 2.89. The molecule has 2 unspecified atom stereocenters. The maximum absolute atomic E-state index is 12.9. The van der Waals surface area contributed by atoms with Gasteiger partial charge in [0.05, 0.1) is 6.04 Å². The molecule has 3 N–H and O–H groups in total. The Morgan fingerprint density at radius 1 is 1.33 bits per heavy atom. The highest BCUT2D eigenvalue weighted by Crippen LogP contribution is 2.15. The van der Waals surface area contributed by atoms with Gasteiger partial charge in [-0.05, 0) is 36.5 Å². The van der Waals surface area contributed by atoms with Crippen LogP contribution in [0.2, 0.25) is 0 Å². The standard InChI is InChI=1S/C18H28FN3O.ClH/c1-3-13(2)17(20)18(23)21-16-8-10-22(11-9-16)12-14-4-6-15(19)7-5-14;/h4-7,13,16-17H,3,8-12,20H2,1-2H3,(H,21,23);1H. The van der Waals surface area contributed by atoms with Crippen LogP contribution in [0.5, 0.6) is 0 Å². The van der Waals surface area contributed by atoms with Crippen LogP contribution < -0.4 is 11.1 Å². The molecule has 1 aromatic rings. The molecule has 0 aromatic heterocycles. The SMILES string of the molecule is CCC(C)C(N)C(=O)NC1CCN(Cc2ccc(F)cc2)CC1.Cl. The van der Waals surface area contributed by atoms with Crippen LogP contribution in [0.4, 0.5) is 4.39 Å². The molecule has 1 aromatic carbocycles. The average Bonchev–Trinajstić information content (AvgIpc) is 2.57. The number of carbonyl (C=O) groups excluding carboxylic acids is 1. The van der Waals surface area contributed by atoms with Crippen molar-refractivity contribution in [3.8, 4) is 0 Å². The van der Waals surface area contributed by atoms with Gasteiger partial charge in [-0.1, -0.05) is 32.4 Å². The minimum absolute atomic E-state index is 0. The molecule has 136 valence electrons. The number of halogens is 2. The lowest BCUT2D eigenvalue weighted by Gasteiger charge is -2.33. The van der Waals surface area contributed by atoms with E-state index in [9.17, 15) is 9.18 Å². The van der Waals surface area contributed by atoms with Gasteiger partial charge in [0, 0.05) is 25.7 Å². The molecule has 4 nitrogen and oxygen atoms in total. The van der Waals surface area contributed by atoms with E-state index in [4.69, 9.17) is 5.73 Å². The summed E-state index contributed by atoms with van der Waals surface area (Å²) in [5.74, 6) is -0.0299. The van der Waals surface area contributed by atoms with E-state index in [1.54, 1.807) is 0 Å². The van der Waals surface area contributed by atoms with Crippen LogP contribution in [0.1, 0.15) is 38.7 Å². The monoisotopic (exact) mass is 357 g/mol. The summed E-state index contributed by atoms with van der Waals surface area (Å²) in [6.45, 7) is 6.75. The minimum atomic E-state index is -0.419. The Morgan fingerprint density at radius 3 is 2.46 bits per heavy atom. The molecule has 1 aliphatic heterocycles. The molecule has 0 saturated carbocycles. The summed E-state index contributed by atoms with van der Waals surface area (Å²) in [7, 11) is 0. The molecule has 2 atom stereocenters.